The van der Waals surface area contributed by atoms with Crippen molar-refractivity contribution in [3.8, 4) is 17.2 Å². The van der Waals surface area contributed by atoms with Crippen LogP contribution in [0, 0.1) is 18.3 Å². The number of aliphatic hydroxyl groups is 1. The third-order valence-corrected chi connectivity index (χ3v) is 10.6. The standard InChI is InChI=1S/C48H63F3N6O12/c1-27(2)18-33(42(62)52-32(23-58)22-48(49,50)51)54-46(66)40(47(4,5)6)57-43(63)34(19-30-17-13-12-14-28(30)3)53-45(65)36(26-69-25-29-15-10-9-11-16-29)56-44(64)35(24-59)55-41(61)31-20-37(60)39(68-8)38(21-31)67-7/h9-17,20-21,23,27,32-36,40,59-60H,18-19,22,24-26H2,1-8H3,(H,52,62)(H,53,65)(H,54,66)(H,55,61)(H,56,64)(H,57,63)/t32?,33-,34-,35-,36+,40+/m0/s1. The number of nitrogens with one attached hydrogen (secondary N) is 6. The molecule has 8 N–H and O–H groups in total. The summed E-state index contributed by atoms with van der Waals surface area (Å²) in [6.45, 7) is 8.55. The molecule has 0 saturated heterocycles. The van der Waals surface area contributed by atoms with Crippen molar-refractivity contribution in [2.75, 3.05) is 27.4 Å². The second-order valence-corrected chi connectivity index (χ2v) is 17.8. The largest absolute Gasteiger partial charge is 0.504 e. The summed E-state index contributed by atoms with van der Waals surface area (Å²) < 4.78 is 55.5. The van der Waals surface area contributed by atoms with Gasteiger partial charge in [-0.25, -0.2) is 0 Å². The first-order valence-electron chi connectivity index (χ1n) is 22.0. The van der Waals surface area contributed by atoms with Gasteiger partial charge in [-0.15, -0.1) is 0 Å². The fourth-order valence-corrected chi connectivity index (χ4v) is 6.92. The lowest BCUT2D eigenvalue weighted by molar-refractivity contribution is -0.147. The molecule has 378 valence electrons. The number of phenolic OH excluding ortho intramolecular Hbond substituents is 1. The minimum atomic E-state index is -4.78. The average Bonchev–Trinajstić information content (AvgIpc) is 3.28. The summed E-state index contributed by atoms with van der Waals surface area (Å²) in [5.41, 5.74) is 0.797. The van der Waals surface area contributed by atoms with Crippen molar-refractivity contribution in [2.45, 2.75) is 110 Å². The maximum Gasteiger partial charge on any atom is 0.391 e. The van der Waals surface area contributed by atoms with E-state index in [1.54, 1.807) is 96.1 Å². The molecule has 0 radical (unpaired) electrons. The minimum absolute atomic E-state index is 0.00602. The normalized spacial score (nSPS) is 14.2. The fourth-order valence-electron chi connectivity index (χ4n) is 6.92. The lowest BCUT2D eigenvalue weighted by Crippen LogP contribution is -2.62. The highest BCUT2D eigenvalue weighted by Gasteiger charge is 2.39. The molecule has 21 heteroatoms. The first-order valence-corrected chi connectivity index (χ1v) is 22.0. The second kappa shape index (κ2) is 26.1. The Balaban J connectivity index is 1.96. The number of methoxy groups -OCH3 is 2. The van der Waals surface area contributed by atoms with Crippen LogP contribution in [0.3, 0.4) is 0 Å². The Hall–Kier alpha value is -6.74. The summed E-state index contributed by atoms with van der Waals surface area (Å²) in [7, 11) is 2.55. The smallest absolute Gasteiger partial charge is 0.391 e. The summed E-state index contributed by atoms with van der Waals surface area (Å²) in [5, 5.41) is 35.4. The van der Waals surface area contributed by atoms with Crippen LogP contribution in [0.4, 0.5) is 13.2 Å². The highest BCUT2D eigenvalue weighted by Crippen LogP contribution is 2.37. The summed E-state index contributed by atoms with van der Waals surface area (Å²) >= 11 is 0. The number of aldehydes is 1. The zero-order chi connectivity index (χ0) is 51.6. The van der Waals surface area contributed by atoms with E-state index < -0.39 is 109 Å². The van der Waals surface area contributed by atoms with Crippen LogP contribution in [0.5, 0.6) is 17.2 Å². The number of alkyl halides is 3. The van der Waals surface area contributed by atoms with Crippen LogP contribution >= 0.6 is 0 Å². The molecule has 0 aliphatic heterocycles. The lowest BCUT2D eigenvalue weighted by Gasteiger charge is -2.34. The van der Waals surface area contributed by atoms with Crippen molar-refractivity contribution in [3.63, 3.8) is 0 Å². The minimum Gasteiger partial charge on any atom is -0.504 e. The molecule has 0 aliphatic carbocycles. The molecule has 0 aliphatic rings. The number of amides is 6. The van der Waals surface area contributed by atoms with Gasteiger partial charge in [0.2, 0.25) is 35.3 Å². The molecule has 69 heavy (non-hydrogen) atoms. The molecule has 3 aromatic rings. The van der Waals surface area contributed by atoms with Crippen LogP contribution in [-0.2, 0) is 46.5 Å². The molecule has 3 aromatic carbocycles. The van der Waals surface area contributed by atoms with Crippen molar-refractivity contribution in [1.82, 2.24) is 31.9 Å². The number of aliphatic hydroxyl groups excluding tert-OH is 1. The fraction of sp³-hybridized carbons (Fsp3) is 0.479. The van der Waals surface area contributed by atoms with Crippen LogP contribution in [0.15, 0.2) is 66.7 Å². The SMILES string of the molecule is COc1cc(C(=O)N[C@@H](CO)C(=O)N[C@H](COCc2ccccc2)C(=O)N[C@@H](Cc2ccccc2C)C(=O)N[C@H](C(=O)N[C@@H](CC(C)C)C(=O)NC(C=O)CC(F)(F)F)C(C)(C)C)cc(O)c1OC. The van der Waals surface area contributed by atoms with E-state index in [-0.39, 0.29) is 48.7 Å². The Bertz CT molecular complexity index is 2240. The van der Waals surface area contributed by atoms with Crippen LogP contribution in [0.1, 0.15) is 74.5 Å². The first kappa shape index (κ1) is 56.6. The van der Waals surface area contributed by atoms with Crippen LogP contribution in [0.2, 0.25) is 0 Å². The molecule has 0 fully saturated rings. The molecule has 6 atom stereocenters. The maximum absolute atomic E-state index is 14.5. The number of aryl methyl sites for hydroxylation is 1. The van der Waals surface area contributed by atoms with E-state index in [0.29, 0.717) is 11.1 Å². The van der Waals surface area contributed by atoms with Crippen LogP contribution in [0.25, 0.3) is 0 Å². The number of phenols is 1. The van der Waals surface area contributed by atoms with Crippen molar-refractivity contribution < 1.29 is 71.2 Å². The number of aromatic hydroxyl groups is 1. The quantitative estimate of drug-likeness (QED) is 0.0571. The third-order valence-electron chi connectivity index (χ3n) is 10.6. The third kappa shape index (κ3) is 18.0. The van der Waals surface area contributed by atoms with Crippen molar-refractivity contribution in [3.05, 3.63) is 89.0 Å². The maximum atomic E-state index is 14.5. The number of ether oxygens (including phenoxy) is 3. The van der Waals surface area contributed by atoms with Crippen molar-refractivity contribution >= 4 is 41.7 Å². The van der Waals surface area contributed by atoms with Gasteiger partial charge in [0, 0.05) is 12.0 Å². The van der Waals surface area contributed by atoms with Gasteiger partial charge in [-0.05, 0) is 53.5 Å². The number of carbonyl (C=O) groups is 7. The van der Waals surface area contributed by atoms with E-state index in [2.05, 4.69) is 26.6 Å². The Kier molecular flexibility index (Phi) is 21.4. The zero-order valence-corrected chi connectivity index (χ0v) is 39.8. The van der Waals surface area contributed by atoms with E-state index in [0.717, 1.165) is 11.6 Å². The van der Waals surface area contributed by atoms with E-state index in [1.165, 1.54) is 20.3 Å². The van der Waals surface area contributed by atoms with E-state index in [1.807, 2.05) is 5.32 Å². The lowest BCUT2D eigenvalue weighted by atomic mass is 9.85. The monoisotopic (exact) mass is 972 g/mol. The molecule has 0 spiro atoms. The number of halogens is 3. The Morgan fingerprint density at radius 3 is 1.87 bits per heavy atom. The van der Waals surface area contributed by atoms with Gasteiger partial charge in [0.1, 0.15) is 36.5 Å². The molecule has 3 rings (SSSR count). The molecule has 6 amide bonds. The highest BCUT2D eigenvalue weighted by molar-refractivity contribution is 6.00. The van der Waals surface area contributed by atoms with Gasteiger partial charge in [0.25, 0.3) is 5.91 Å². The van der Waals surface area contributed by atoms with Crippen LogP contribution < -0.4 is 41.4 Å². The Morgan fingerprint density at radius 1 is 0.725 bits per heavy atom. The molecular formula is C48H63F3N6O12. The predicted octanol–water partition coefficient (Wildman–Crippen LogP) is 2.94. The summed E-state index contributed by atoms with van der Waals surface area (Å²) in [4.78, 5) is 94.7. The average molecular weight is 973 g/mol. The highest BCUT2D eigenvalue weighted by atomic mass is 19.4. The molecular weight excluding hydrogens is 910 g/mol. The number of carbonyl (C=O) groups excluding carboxylic acids is 7. The van der Waals surface area contributed by atoms with Gasteiger partial charge in [0.05, 0.1) is 46.5 Å². The number of rotatable bonds is 25. The summed E-state index contributed by atoms with van der Waals surface area (Å²) in [5.74, 6) is -6.52. The first-order chi connectivity index (χ1) is 32.4. The van der Waals surface area contributed by atoms with Crippen LogP contribution in [-0.4, -0.2) is 122 Å². The molecule has 0 bridgehead atoms. The zero-order valence-electron chi connectivity index (χ0n) is 39.8. The Morgan fingerprint density at radius 2 is 1.30 bits per heavy atom. The van der Waals surface area contributed by atoms with Gasteiger partial charge in [-0.2, -0.15) is 13.2 Å². The molecule has 0 heterocycles. The van der Waals surface area contributed by atoms with E-state index >= 15 is 0 Å². The van der Waals surface area contributed by atoms with Crippen molar-refractivity contribution in [2.24, 2.45) is 11.3 Å². The van der Waals surface area contributed by atoms with Gasteiger partial charge in [-0.1, -0.05) is 89.2 Å². The number of benzene rings is 3. The summed E-state index contributed by atoms with van der Waals surface area (Å²) in [6, 6.07) is 8.61. The summed E-state index contributed by atoms with van der Waals surface area (Å²) in [6.07, 6.45) is -6.65. The van der Waals surface area contributed by atoms with Gasteiger partial charge in [0.15, 0.2) is 11.5 Å². The van der Waals surface area contributed by atoms with Gasteiger partial charge in [-0.3, -0.25) is 28.8 Å². The molecule has 1 unspecified atom stereocenters. The van der Waals surface area contributed by atoms with E-state index in [4.69, 9.17) is 14.2 Å². The molecule has 18 nitrogen and oxygen atoms in total. The predicted molar refractivity (Wildman–Crippen MR) is 246 cm³/mol. The number of hydrogen-bond acceptors (Lipinski definition) is 12. The van der Waals surface area contributed by atoms with Gasteiger partial charge >= 0.3 is 6.18 Å². The topological polar surface area (TPSA) is 260 Å². The van der Waals surface area contributed by atoms with Gasteiger partial charge < -0.3 is 61.1 Å². The van der Waals surface area contributed by atoms with Crippen molar-refractivity contribution in [1.29, 1.82) is 0 Å². The Labute approximate surface area is 398 Å². The molecule has 0 aromatic heterocycles. The molecule has 0 saturated carbocycles. The van der Waals surface area contributed by atoms with E-state index in [9.17, 15) is 56.9 Å². The number of hydrogen-bond donors (Lipinski definition) is 8. The second-order valence-electron chi connectivity index (χ2n) is 17.8.